The Bertz CT molecular complexity index is 560. The van der Waals surface area contributed by atoms with Crippen LogP contribution in [0.4, 0.5) is 0 Å². The minimum atomic E-state index is -1.10. The molecule has 0 aliphatic carbocycles. The molecule has 0 saturated carbocycles. The van der Waals surface area contributed by atoms with E-state index in [1.165, 1.54) is 4.90 Å². The van der Waals surface area contributed by atoms with Crippen molar-refractivity contribution in [3.05, 3.63) is 35.9 Å². The van der Waals surface area contributed by atoms with Crippen molar-refractivity contribution in [2.24, 2.45) is 0 Å². The molecule has 2 amide bonds. The van der Waals surface area contributed by atoms with Crippen LogP contribution in [0.1, 0.15) is 17.3 Å². The molecule has 22 heavy (non-hydrogen) atoms. The molecule has 118 valence electrons. The van der Waals surface area contributed by atoms with Gasteiger partial charge in [0.25, 0.3) is 5.91 Å². The fourth-order valence-electron chi connectivity index (χ4n) is 2.25. The van der Waals surface area contributed by atoms with Crippen LogP contribution in [0.2, 0.25) is 0 Å². The molecule has 0 radical (unpaired) electrons. The number of nitrogens with one attached hydrogen (secondary N) is 1. The zero-order chi connectivity index (χ0) is 16.1. The van der Waals surface area contributed by atoms with E-state index in [-0.39, 0.29) is 31.0 Å². The van der Waals surface area contributed by atoms with Crippen LogP contribution in [-0.4, -0.2) is 59.6 Å². The van der Waals surface area contributed by atoms with Crippen LogP contribution in [-0.2, 0) is 14.3 Å². The maximum absolute atomic E-state index is 12.1. The quantitative estimate of drug-likeness (QED) is 0.823. The summed E-state index contributed by atoms with van der Waals surface area (Å²) in [5.41, 5.74) is 0.467. The standard InChI is InChI=1S/C15H18N2O5/c1-10-8-17(9-12(22-10)15(20)21)13(18)7-16-14(19)11-5-3-2-4-6-11/h2-6,10,12H,7-9H2,1H3,(H,16,19)(H,20,21)/t10-,12?/m1/s1. The van der Waals surface area contributed by atoms with E-state index >= 15 is 0 Å². The Morgan fingerprint density at radius 3 is 2.59 bits per heavy atom. The summed E-state index contributed by atoms with van der Waals surface area (Å²) in [7, 11) is 0. The van der Waals surface area contributed by atoms with Crippen molar-refractivity contribution in [2.45, 2.75) is 19.1 Å². The predicted molar refractivity (Wildman–Crippen MR) is 77.3 cm³/mol. The van der Waals surface area contributed by atoms with Gasteiger partial charge in [-0.2, -0.15) is 0 Å². The molecule has 7 nitrogen and oxygen atoms in total. The molecule has 1 aliphatic heterocycles. The van der Waals surface area contributed by atoms with Gasteiger partial charge in [0.15, 0.2) is 6.10 Å². The van der Waals surface area contributed by atoms with Crippen molar-refractivity contribution in [1.82, 2.24) is 10.2 Å². The largest absolute Gasteiger partial charge is 0.479 e. The zero-order valence-corrected chi connectivity index (χ0v) is 12.2. The second-order valence-electron chi connectivity index (χ2n) is 5.12. The van der Waals surface area contributed by atoms with E-state index in [4.69, 9.17) is 9.84 Å². The van der Waals surface area contributed by atoms with Crippen LogP contribution in [0.5, 0.6) is 0 Å². The summed E-state index contributed by atoms with van der Waals surface area (Å²) < 4.78 is 5.24. The first kappa shape index (κ1) is 16.0. The Morgan fingerprint density at radius 2 is 1.95 bits per heavy atom. The molecule has 1 aromatic rings. The number of nitrogens with zero attached hydrogens (tertiary/aromatic N) is 1. The second-order valence-corrected chi connectivity index (χ2v) is 5.12. The number of morpholine rings is 1. The molecule has 1 fully saturated rings. The molecule has 1 aromatic carbocycles. The summed E-state index contributed by atoms with van der Waals surface area (Å²) in [5, 5.41) is 11.5. The molecule has 0 bridgehead atoms. The van der Waals surface area contributed by atoms with Gasteiger partial charge in [0.05, 0.1) is 19.2 Å². The van der Waals surface area contributed by atoms with Crippen molar-refractivity contribution >= 4 is 17.8 Å². The Kier molecular flexibility index (Phi) is 5.11. The van der Waals surface area contributed by atoms with Gasteiger partial charge in [0.1, 0.15) is 0 Å². The summed E-state index contributed by atoms with van der Waals surface area (Å²) in [4.78, 5) is 36.4. The highest BCUT2D eigenvalue weighted by Crippen LogP contribution is 2.11. The lowest BCUT2D eigenvalue weighted by molar-refractivity contribution is -0.166. The number of amides is 2. The maximum atomic E-state index is 12.1. The predicted octanol–water partition coefficient (Wildman–Crippen LogP) is 0.117. The number of hydrogen-bond acceptors (Lipinski definition) is 4. The van der Waals surface area contributed by atoms with E-state index in [0.717, 1.165) is 0 Å². The number of hydrogen-bond donors (Lipinski definition) is 2. The van der Waals surface area contributed by atoms with Gasteiger partial charge >= 0.3 is 5.97 Å². The number of carbonyl (C=O) groups is 3. The van der Waals surface area contributed by atoms with Crippen LogP contribution in [0.3, 0.4) is 0 Å². The van der Waals surface area contributed by atoms with Crippen LogP contribution in [0.15, 0.2) is 30.3 Å². The van der Waals surface area contributed by atoms with Crippen molar-refractivity contribution < 1.29 is 24.2 Å². The SMILES string of the molecule is C[C@@H]1CN(C(=O)CNC(=O)c2ccccc2)CC(C(=O)O)O1. The normalized spacial score (nSPS) is 21.2. The smallest absolute Gasteiger partial charge is 0.334 e. The summed E-state index contributed by atoms with van der Waals surface area (Å²) in [6, 6.07) is 8.56. The molecule has 1 saturated heterocycles. The lowest BCUT2D eigenvalue weighted by Gasteiger charge is -2.34. The highest BCUT2D eigenvalue weighted by atomic mass is 16.5. The van der Waals surface area contributed by atoms with Crippen molar-refractivity contribution in [2.75, 3.05) is 19.6 Å². The van der Waals surface area contributed by atoms with Crippen LogP contribution in [0, 0.1) is 0 Å². The molecular weight excluding hydrogens is 288 g/mol. The van der Waals surface area contributed by atoms with E-state index in [2.05, 4.69) is 5.32 Å². The Labute approximate surface area is 127 Å². The minimum absolute atomic E-state index is 0.0142. The Hall–Kier alpha value is -2.41. The lowest BCUT2D eigenvalue weighted by Crippen LogP contribution is -2.53. The number of aliphatic carboxylic acids is 1. The molecule has 2 atom stereocenters. The van der Waals surface area contributed by atoms with Crippen molar-refractivity contribution in [1.29, 1.82) is 0 Å². The Balaban J connectivity index is 1.89. The topological polar surface area (TPSA) is 95.9 Å². The summed E-state index contributed by atoms with van der Waals surface area (Å²) >= 11 is 0. The number of benzene rings is 1. The van der Waals surface area contributed by atoms with Crippen molar-refractivity contribution in [3.8, 4) is 0 Å². The third-order valence-corrected chi connectivity index (χ3v) is 3.32. The molecule has 1 unspecified atom stereocenters. The maximum Gasteiger partial charge on any atom is 0.334 e. The van der Waals surface area contributed by atoms with Gasteiger partial charge in [-0.1, -0.05) is 18.2 Å². The minimum Gasteiger partial charge on any atom is -0.479 e. The average molecular weight is 306 g/mol. The Morgan fingerprint density at radius 1 is 1.27 bits per heavy atom. The fraction of sp³-hybridized carbons (Fsp3) is 0.400. The highest BCUT2D eigenvalue weighted by molar-refractivity contribution is 5.96. The third kappa shape index (κ3) is 4.05. The molecule has 2 rings (SSSR count). The lowest BCUT2D eigenvalue weighted by atomic mass is 10.2. The first-order valence-electron chi connectivity index (χ1n) is 6.96. The number of ether oxygens (including phenoxy) is 1. The van der Waals surface area contributed by atoms with E-state index in [0.29, 0.717) is 12.1 Å². The van der Waals surface area contributed by atoms with Crippen molar-refractivity contribution in [3.63, 3.8) is 0 Å². The highest BCUT2D eigenvalue weighted by Gasteiger charge is 2.32. The van der Waals surface area contributed by atoms with E-state index < -0.39 is 12.1 Å². The van der Waals surface area contributed by atoms with Crippen LogP contribution >= 0.6 is 0 Å². The molecule has 7 heteroatoms. The van der Waals surface area contributed by atoms with E-state index in [1.807, 2.05) is 0 Å². The van der Waals surface area contributed by atoms with Crippen LogP contribution in [0.25, 0.3) is 0 Å². The van der Waals surface area contributed by atoms with E-state index in [1.54, 1.807) is 37.3 Å². The number of rotatable bonds is 4. The first-order chi connectivity index (χ1) is 10.5. The van der Waals surface area contributed by atoms with Gasteiger partial charge in [0, 0.05) is 12.1 Å². The molecule has 0 spiro atoms. The third-order valence-electron chi connectivity index (χ3n) is 3.32. The molecule has 1 heterocycles. The average Bonchev–Trinajstić information content (AvgIpc) is 2.52. The molecule has 0 aromatic heterocycles. The van der Waals surface area contributed by atoms with E-state index in [9.17, 15) is 14.4 Å². The molecule has 1 aliphatic rings. The number of carboxylic acids is 1. The summed E-state index contributed by atoms with van der Waals surface area (Å²) in [6.07, 6.45) is -1.39. The van der Waals surface area contributed by atoms with Crippen LogP contribution < -0.4 is 5.32 Å². The summed E-state index contributed by atoms with van der Waals surface area (Å²) in [6.45, 7) is 1.83. The second kappa shape index (κ2) is 7.04. The van der Waals surface area contributed by atoms with Gasteiger partial charge in [-0.3, -0.25) is 9.59 Å². The zero-order valence-electron chi connectivity index (χ0n) is 12.2. The van der Waals surface area contributed by atoms with Gasteiger partial charge in [-0.15, -0.1) is 0 Å². The van der Waals surface area contributed by atoms with Gasteiger partial charge < -0.3 is 20.1 Å². The van der Waals surface area contributed by atoms with Gasteiger partial charge in [-0.25, -0.2) is 4.79 Å². The van der Waals surface area contributed by atoms with Gasteiger partial charge in [-0.05, 0) is 19.1 Å². The summed E-state index contributed by atoms with van der Waals surface area (Å²) in [5.74, 6) is -1.77. The molecular formula is C15H18N2O5. The fourth-order valence-corrected chi connectivity index (χ4v) is 2.25. The van der Waals surface area contributed by atoms with Gasteiger partial charge in [0.2, 0.25) is 5.91 Å². The number of carboxylic acid groups (broad SMARTS) is 1. The first-order valence-corrected chi connectivity index (χ1v) is 6.96. The number of carbonyl (C=O) groups excluding carboxylic acids is 2. The molecule has 2 N–H and O–H groups in total. The monoisotopic (exact) mass is 306 g/mol.